The zero-order valence-electron chi connectivity index (χ0n) is 9.11. The molecule has 0 aromatic rings. The topological polar surface area (TPSA) is 0 Å². The second kappa shape index (κ2) is 3.81. The van der Waals surface area contributed by atoms with Crippen molar-refractivity contribution in [1.29, 1.82) is 0 Å². The molecule has 1 rings (SSSR count). The van der Waals surface area contributed by atoms with Gasteiger partial charge in [-0.05, 0) is 49.4 Å². The molecule has 0 unspecified atom stereocenters. The van der Waals surface area contributed by atoms with Gasteiger partial charge in [0.1, 0.15) is 0 Å². The summed E-state index contributed by atoms with van der Waals surface area (Å²) >= 11 is 0. The highest BCUT2D eigenvalue weighted by Gasteiger charge is 2.26. The molecule has 0 aliphatic heterocycles. The minimum absolute atomic E-state index is 0.637. The molecule has 1 fully saturated rings. The summed E-state index contributed by atoms with van der Waals surface area (Å²) in [7, 11) is 0. The molecule has 0 atom stereocenters. The summed E-state index contributed by atoms with van der Waals surface area (Å²) in [5.74, 6) is 2.61. The Morgan fingerprint density at radius 2 is 1.67 bits per heavy atom. The molecule has 1 saturated carbocycles. The van der Waals surface area contributed by atoms with Gasteiger partial charge < -0.3 is 0 Å². The van der Waals surface area contributed by atoms with E-state index in [1.54, 1.807) is 5.92 Å². The fourth-order valence-electron chi connectivity index (χ4n) is 2.24. The van der Waals surface area contributed by atoms with Crippen LogP contribution in [0, 0.1) is 17.3 Å². The van der Waals surface area contributed by atoms with Crippen molar-refractivity contribution in [1.82, 2.24) is 0 Å². The summed E-state index contributed by atoms with van der Waals surface area (Å²) in [5.41, 5.74) is 0.637. The number of hydrogen-bond donors (Lipinski definition) is 0. The van der Waals surface area contributed by atoms with Gasteiger partial charge in [-0.15, -0.1) is 0 Å². The molecule has 0 nitrogen and oxygen atoms in total. The third-order valence-corrected chi connectivity index (χ3v) is 3.16. The van der Waals surface area contributed by atoms with Gasteiger partial charge in [0.05, 0.1) is 0 Å². The lowest BCUT2D eigenvalue weighted by molar-refractivity contribution is 0.187. The van der Waals surface area contributed by atoms with Gasteiger partial charge in [-0.3, -0.25) is 0 Å². The Balaban J connectivity index is 2.27. The number of rotatable bonds is 2. The second-order valence-electron chi connectivity index (χ2n) is 5.52. The smallest absolute Gasteiger partial charge is 0.0300 e. The Bertz CT molecular complexity index is 123. The van der Waals surface area contributed by atoms with Crippen LogP contribution < -0.4 is 0 Å². The molecule has 0 amide bonds. The first-order valence-corrected chi connectivity index (χ1v) is 5.29. The van der Waals surface area contributed by atoms with Gasteiger partial charge in [-0.25, -0.2) is 0 Å². The van der Waals surface area contributed by atoms with Crippen LogP contribution in [0.15, 0.2) is 0 Å². The van der Waals surface area contributed by atoms with E-state index >= 15 is 0 Å². The molecule has 0 saturated heterocycles. The Kier molecular flexibility index (Phi) is 3.20. The van der Waals surface area contributed by atoms with Crippen molar-refractivity contribution in [2.75, 3.05) is 0 Å². The van der Waals surface area contributed by atoms with Crippen LogP contribution in [0.3, 0.4) is 0 Å². The van der Waals surface area contributed by atoms with Crippen LogP contribution in [0.5, 0.6) is 0 Å². The van der Waals surface area contributed by atoms with Crippen molar-refractivity contribution in [3.63, 3.8) is 0 Å². The predicted octanol–water partition coefficient (Wildman–Crippen LogP) is 4.21. The van der Waals surface area contributed by atoms with Gasteiger partial charge in [0.2, 0.25) is 0 Å². The van der Waals surface area contributed by atoms with Crippen molar-refractivity contribution in [2.24, 2.45) is 11.3 Å². The zero-order chi connectivity index (χ0) is 9.19. The molecule has 0 N–H and O–H groups in total. The Hall–Kier alpha value is 0. The van der Waals surface area contributed by atoms with Crippen molar-refractivity contribution in [3.05, 3.63) is 5.92 Å². The van der Waals surface area contributed by atoms with Gasteiger partial charge in [-0.1, -0.05) is 27.7 Å². The predicted molar refractivity (Wildman–Crippen MR) is 54.9 cm³/mol. The lowest BCUT2D eigenvalue weighted by Crippen LogP contribution is -2.21. The molecule has 1 aliphatic rings. The maximum Gasteiger partial charge on any atom is -0.0300 e. The molecule has 0 aromatic carbocycles. The highest BCUT2D eigenvalue weighted by molar-refractivity contribution is 4.85. The SMILES string of the molecule is C[C](C)CC1CCC(C)(C)CC1. The van der Waals surface area contributed by atoms with E-state index in [4.69, 9.17) is 0 Å². The van der Waals surface area contributed by atoms with Crippen LogP contribution in [0.2, 0.25) is 0 Å². The van der Waals surface area contributed by atoms with E-state index in [1.807, 2.05) is 0 Å². The number of hydrogen-bond acceptors (Lipinski definition) is 0. The molecular weight excluding hydrogens is 144 g/mol. The average Bonchev–Trinajstić information content (AvgIpc) is 1.93. The molecule has 0 heteroatoms. The molecule has 0 aromatic heterocycles. The molecular formula is C12H23. The third kappa shape index (κ3) is 3.16. The highest BCUT2D eigenvalue weighted by atomic mass is 14.3. The van der Waals surface area contributed by atoms with Crippen LogP contribution in [0.4, 0.5) is 0 Å². The Morgan fingerprint density at radius 3 is 2.08 bits per heavy atom. The normalized spacial score (nSPS) is 24.8. The summed E-state index contributed by atoms with van der Waals surface area (Å²) in [6.07, 6.45) is 7.16. The lowest BCUT2D eigenvalue weighted by atomic mass is 9.71. The minimum Gasteiger partial charge on any atom is -0.0599 e. The highest BCUT2D eigenvalue weighted by Crippen LogP contribution is 2.40. The average molecular weight is 167 g/mol. The fourth-order valence-corrected chi connectivity index (χ4v) is 2.24. The monoisotopic (exact) mass is 167 g/mol. The minimum atomic E-state index is 0.637. The van der Waals surface area contributed by atoms with Crippen molar-refractivity contribution >= 4 is 0 Å². The van der Waals surface area contributed by atoms with Gasteiger partial charge in [0, 0.05) is 0 Å². The van der Waals surface area contributed by atoms with Gasteiger partial charge in [-0.2, -0.15) is 0 Å². The summed E-state index contributed by atoms with van der Waals surface area (Å²) in [5, 5.41) is 0. The zero-order valence-corrected chi connectivity index (χ0v) is 9.11. The summed E-state index contributed by atoms with van der Waals surface area (Å²) in [4.78, 5) is 0. The third-order valence-electron chi connectivity index (χ3n) is 3.16. The fraction of sp³-hybridized carbons (Fsp3) is 0.917. The van der Waals surface area contributed by atoms with Crippen molar-refractivity contribution in [2.45, 2.75) is 59.8 Å². The van der Waals surface area contributed by atoms with Gasteiger partial charge in [0.15, 0.2) is 0 Å². The van der Waals surface area contributed by atoms with E-state index in [1.165, 1.54) is 32.1 Å². The molecule has 1 radical (unpaired) electrons. The van der Waals surface area contributed by atoms with E-state index in [2.05, 4.69) is 27.7 Å². The maximum atomic E-state index is 2.41. The molecule has 71 valence electrons. The van der Waals surface area contributed by atoms with E-state index in [-0.39, 0.29) is 0 Å². The lowest BCUT2D eigenvalue weighted by Gasteiger charge is -2.34. The molecule has 1 aliphatic carbocycles. The summed E-state index contributed by atoms with van der Waals surface area (Å²) in [6.45, 7) is 9.34. The molecule has 0 bridgehead atoms. The maximum absolute atomic E-state index is 2.41. The first-order valence-electron chi connectivity index (χ1n) is 5.29. The van der Waals surface area contributed by atoms with Gasteiger partial charge >= 0.3 is 0 Å². The molecule has 0 heterocycles. The summed E-state index contributed by atoms with van der Waals surface area (Å²) in [6, 6.07) is 0. The largest absolute Gasteiger partial charge is 0.0599 e. The summed E-state index contributed by atoms with van der Waals surface area (Å²) < 4.78 is 0. The molecule has 12 heavy (non-hydrogen) atoms. The van der Waals surface area contributed by atoms with Crippen LogP contribution >= 0.6 is 0 Å². The van der Waals surface area contributed by atoms with Crippen LogP contribution in [-0.2, 0) is 0 Å². The first-order chi connectivity index (χ1) is 5.49. The van der Waals surface area contributed by atoms with E-state index < -0.39 is 0 Å². The van der Waals surface area contributed by atoms with E-state index in [9.17, 15) is 0 Å². The van der Waals surface area contributed by atoms with Crippen molar-refractivity contribution < 1.29 is 0 Å². The van der Waals surface area contributed by atoms with Crippen LogP contribution in [-0.4, -0.2) is 0 Å². The van der Waals surface area contributed by atoms with Crippen molar-refractivity contribution in [3.8, 4) is 0 Å². The second-order valence-corrected chi connectivity index (χ2v) is 5.52. The quantitative estimate of drug-likeness (QED) is 0.578. The Morgan fingerprint density at radius 1 is 1.17 bits per heavy atom. The van der Waals surface area contributed by atoms with E-state index in [0.29, 0.717) is 5.41 Å². The molecule has 0 spiro atoms. The Labute approximate surface area is 77.7 Å². The van der Waals surface area contributed by atoms with E-state index in [0.717, 1.165) is 5.92 Å². The van der Waals surface area contributed by atoms with Gasteiger partial charge in [0.25, 0.3) is 0 Å². The standard InChI is InChI=1S/C12H23/c1-10(2)9-11-5-7-12(3,4)8-6-11/h11H,5-9H2,1-4H3. The van der Waals surface area contributed by atoms with Crippen LogP contribution in [0.1, 0.15) is 59.8 Å². The first kappa shape index (κ1) is 10.1. The van der Waals surface area contributed by atoms with Crippen LogP contribution in [0.25, 0.3) is 0 Å².